The summed E-state index contributed by atoms with van der Waals surface area (Å²) in [5.74, 6) is 0. The number of benzene rings is 11. The summed E-state index contributed by atoms with van der Waals surface area (Å²) in [6.07, 6.45) is 0. The zero-order valence-electron chi connectivity index (χ0n) is 39.4. The molecule has 0 N–H and O–H groups in total. The summed E-state index contributed by atoms with van der Waals surface area (Å²) in [6.45, 7) is 10.4. The van der Waals surface area contributed by atoms with E-state index in [1.54, 1.807) is 10.4 Å². The Morgan fingerprint density at radius 3 is 1.06 bits per heavy atom. The van der Waals surface area contributed by atoms with E-state index in [0.29, 0.717) is 0 Å². The van der Waals surface area contributed by atoms with Gasteiger partial charge in [-0.25, -0.2) is 0 Å². The van der Waals surface area contributed by atoms with E-state index in [4.69, 9.17) is 8.83 Å². The molecular formula is C66H46O2Si2. The second-order valence-corrected chi connectivity index (χ2v) is 29.2. The first-order chi connectivity index (χ1) is 34.2. The number of para-hydroxylation sites is 2. The van der Waals surface area contributed by atoms with Gasteiger partial charge in [0.15, 0.2) is 0 Å². The van der Waals surface area contributed by atoms with Crippen LogP contribution >= 0.6 is 0 Å². The molecular weight excluding hydrogens is 881 g/mol. The Hall–Kier alpha value is -8.03. The quantitative estimate of drug-likeness (QED) is 0.164. The Morgan fingerprint density at radius 1 is 0.300 bits per heavy atom. The van der Waals surface area contributed by atoms with Crippen LogP contribution in [-0.4, -0.2) is 16.1 Å². The van der Waals surface area contributed by atoms with Crippen LogP contribution in [0.3, 0.4) is 0 Å². The van der Waals surface area contributed by atoms with Gasteiger partial charge in [-0.3, -0.25) is 0 Å². The van der Waals surface area contributed by atoms with Crippen LogP contribution in [-0.2, 0) is 0 Å². The van der Waals surface area contributed by atoms with E-state index >= 15 is 0 Å². The highest BCUT2D eigenvalue weighted by molar-refractivity contribution is 7.13. The molecule has 0 radical (unpaired) electrons. The third-order valence-corrected chi connectivity index (χ3v) is 23.5. The van der Waals surface area contributed by atoms with Crippen LogP contribution in [0.1, 0.15) is 0 Å². The van der Waals surface area contributed by atoms with Crippen molar-refractivity contribution in [2.45, 2.75) is 26.2 Å². The first kappa shape index (κ1) is 39.9. The maximum atomic E-state index is 7.00. The Bertz CT molecular complexity index is 4100. The second kappa shape index (κ2) is 14.3. The molecule has 0 aliphatic carbocycles. The number of rotatable bonds is 4. The van der Waals surface area contributed by atoms with Gasteiger partial charge in [-0.15, -0.1) is 0 Å². The Morgan fingerprint density at radius 2 is 0.643 bits per heavy atom. The Labute approximate surface area is 408 Å². The van der Waals surface area contributed by atoms with E-state index in [-0.39, 0.29) is 0 Å². The summed E-state index contributed by atoms with van der Waals surface area (Å²) >= 11 is 0. The minimum absolute atomic E-state index is 0.933. The van der Waals surface area contributed by atoms with E-state index in [2.05, 4.69) is 232 Å². The van der Waals surface area contributed by atoms with Crippen LogP contribution in [0.25, 0.3) is 132 Å². The molecule has 0 saturated heterocycles. The zero-order valence-corrected chi connectivity index (χ0v) is 41.4. The molecule has 2 nitrogen and oxygen atoms in total. The molecule has 330 valence electrons. The molecule has 70 heavy (non-hydrogen) atoms. The van der Waals surface area contributed by atoms with Gasteiger partial charge < -0.3 is 8.83 Å². The van der Waals surface area contributed by atoms with Crippen molar-refractivity contribution in [1.29, 1.82) is 0 Å². The van der Waals surface area contributed by atoms with Crippen molar-refractivity contribution >= 4 is 102 Å². The van der Waals surface area contributed by atoms with Crippen molar-refractivity contribution in [3.05, 3.63) is 206 Å². The van der Waals surface area contributed by atoms with Gasteiger partial charge in [0.25, 0.3) is 0 Å². The topological polar surface area (TPSA) is 26.3 Å². The lowest BCUT2D eigenvalue weighted by Gasteiger charge is -2.28. The standard InChI is InChI=1S/C66H46O2Si2/c1-69(2)57-37-53(43-31-27-41(28-32-43)47-23-13-17-39-15-5-7-19-45(39)47)63-61(49-21-9-11-25-55(49)67-63)59(57)51-35-36-52-60-58(70(3,4)66(52)65(51)69)38-54(64-62(60)50-22-10-12-26-56(50)68-64)44-33-29-42(30-34-44)48-24-14-18-40-16-6-8-20-46(40)48/h5-38H,1-4H3. The average Bonchev–Trinajstić information content (AvgIpc) is 4.11. The molecule has 0 unspecified atom stereocenters. The molecule has 4 heterocycles. The molecule has 15 rings (SSSR count). The summed E-state index contributed by atoms with van der Waals surface area (Å²) in [5, 5.41) is 16.1. The summed E-state index contributed by atoms with van der Waals surface area (Å²) in [4.78, 5) is 0. The molecule has 2 aromatic heterocycles. The van der Waals surface area contributed by atoms with Crippen LogP contribution in [0.15, 0.2) is 215 Å². The predicted octanol–water partition coefficient (Wildman–Crippen LogP) is 16.1. The first-order valence-corrected chi connectivity index (χ1v) is 30.6. The van der Waals surface area contributed by atoms with Gasteiger partial charge in [0.1, 0.15) is 38.5 Å². The lowest BCUT2D eigenvalue weighted by Crippen LogP contribution is -2.63. The van der Waals surface area contributed by atoms with Gasteiger partial charge in [-0.2, -0.15) is 0 Å². The molecule has 11 aromatic carbocycles. The number of hydrogen-bond donors (Lipinski definition) is 0. The van der Waals surface area contributed by atoms with Crippen molar-refractivity contribution in [3.8, 4) is 66.8 Å². The molecule has 13 aromatic rings. The van der Waals surface area contributed by atoms with E-state index in [0.717, 1.165) is 22.3 Å². The molecule has 0 spiro atoms. The van der Waals surface area contributed by atoms with Gasteiger partial charge in [0.2, 0.25) is 0 Å². The van der Waals surface area contributed by atoms with Crippen molar-refractivity contribution < 1.29 is 8.83 Å². The average molecular weight is 927 g/mol. The predicted molar refractivity (Wildman–Crippen MR) is 302 cm³/mol. The monoisotopic (exact) mass is 926 g/mol. The van der Waals surface area contributed by atoms with Gasteiger partial charge in [0.05, 0.1) is 0 Å². The molecule has 4 heteroatoms. The van der Waals surface area contributed by atoms with Crippen molar-refractivity contribution in [3.63, 3.8) is 0 Å². The zero-order chi connectivity index (χ0) is 46.6. The molecule has 0 amide bonds. The normalized spacial score (nSPS) is 14.2. The first-order valence-electron chi connectivity index (χ1n) is 24.6. The molecule has 0 saturated carbocycles. The fourth-order valence-electron chi connectivity index (χ4n) is 13.0. The maximum Gasteiger partial charge on any atom is 0.143 e. The summed E-state index contributed by atoms with van der Waals surface area (Å²) < 4.78 is 14.0. The maximum absolute atomic E-state index is 7.00. The van der Waals surface area contributed by atoms with Crippen LogP contribution in [0.4, 0.5) is 0 Å². The van der Waals surface area contributed by atoms with Gasteiger partial charge in [-0.1, -0.05) is 220 Å². The molecule has 0 bridgehead atoms. The number of hydrogen-bond acceptors (Lipinski definition) is 2. The van der Waals surface area contributed by atoms with Gasteiger partial charge in [0, 0.05) is 32.7 Å². The number of furan rings is 2. The highest BCUT2D eigenvalue weighted by atomic mass is 28.3. The fraction of sp³-hybridized carbons (Fsp3) is 0.0606. The summed E-state index contributed by atoms with van der Waals surface area (Å²) in [7, 11) is -4.75. The number of fused-ring (bicyclic) bond motifs is 17. The van der Waals surface area contributed by atoms with Crippen molar-refractivity contribution in [2.75, 3.05) is 0 Å². The molecule has 2 aliphatic heterocycles. The third kappa shape index (κ3) is 5.38. The minimum atomic E-state index is -2.37. The lowest BCUT2D eigenvalue weighted by molar-refractivity contribution is 0.670. The van der Waals surface area contributed by atoms with Crippen molar-refractivity contribution in [2.24, 2.45) is 0 Å². The lowest BCUT2D eigenvalue weighted by atomic mass is 9.91. The minimum Gasteiger partial charge on any atom is -0.455 e. The largest absolute Gasteiger partial charge is 0.455 e. The third-order valence-electron chi connectivity index (χ3n) is 16.2. The second-order valence-electron chi connectivity index (χ2n) is 20.7. The molecule has 2 aliphatic rings. The highest BCUT2D eigenvalue weighted by Gasteiger charge is 2.49. The van der Waals surface area contributed by atoms with E-state index in [1.807, 2.05) is 0 Å². The van der Waals surface area contributed by atoms with Crippen LogP contribution in [0, 0.1) is 0 Å². The fourth-order valence-corrected chi connectivity index (χ4v) is 21.5. The SMILES string of the molecule is C[Si]1(C)c2cc(-c3ccc(-c4cccc5ccccc45)cc3)c3oc4ccccc4c3c2-c2ccc3c(c21)[Si](C)(C)c1cc(-c2ccc(-c4cccc5ccccc45)cc2)c2oc4ccccc4c2c1-3. The Kier molecular flexibility index (Phi) is 8.14. The van der Waals surface area contributed by atoms with Gasteiger partial charge in [-0.05, 0) is 110 Å². The van der Waals surface area contributed by atoms with Crippen LogP contribution in [0.2, 0.25) is 26.2 Å². The molecule has 0 atom stereocenters. The Balaban J connectivity index is 0.922. The van der Waals surface area contributed by atoms with E-state index < -0.39 is 16.1 Å². The highest BCUT2D eigenvalue weighted by Crippen LogP contribution is 2.48. The summed E-state index contributed by atoms with van der Waals surface area (Å²) in [6, 6.07) is 76.3. The van der Waals surface area contributed by atoms with E-state index in [9.17, 15) is 0 Å². The summed E-state index contributed by atoms with van der Waals surface area (Å²) in [5.41, 5.74) is 19.0. The van der Waals surface area contributed by atoms with Crippen LogP contribution < -0.4 is 20.7 Å². The van der Waals surface area contributed by atoms with E-state index in [1.165, 1.54) is 120 Å². The smallest absolute Gasteiger partial charge is 0.143 e. The van der Waals surface area contributed by atoms with Crippen molar-refractivity contribution in [1.82, 2.24) is 0 Å². The molecule has 0 fully saturated rings. The van der Waals surface area contributed by atoms with Crippen LogP contribution in [0.5, 0.6) is 0 Å². The van der Waals surface area contributed by atoms with Gasteiger partial charge >= 0.3 is 0 Å².